The summed E-state index contributed by atoms with van der Waals surface area (Å²) in [5.41, 5.74) is -2.27. The zero-order chi connectivity index (χ0) is 12.5. The molecule has 0 fully saturated rings. The predicted octanol–water partition coefficient (Wildman–Crippen LogP) is 3.39. The molecule has 0 aliphatic heterocycles. The molecule has 0 spiro atoms. The fourth-order valence-electron chi connectivity index (χ4n) is 1.08. The van der Waals surface area contributed by atoms with Crippen LogP contribution in [-0.4, -0.2) is 13.1 Å². The van der Waals surface area contributed by atoms with Crippen LogP contribution in [-0.2, 0) is 10.9 Å². The van der Waals surface area contributed by atoms with Crippen molar-refractivity contribution in [2.45, 2.75) is 6.18 Å². The van der Waals surface area contributed by atoms with Crippen LogP contribution in [0, 0.1) is 5.82 Å². The smallest absolute Gasteiger partial charge is 0.420 e. The van der Waals surface area contributed by atoms with Gasteiger partial charge in [0.2, 0.25) is 0 Å². The molecule has 16 heavy (non-hydrogen) atoms. The Morgan fingerprint density at radius 3 is 2.38 bits per heavy atom. The summed E-state index contributed by atoms with van der Waals surface area (Å²) < 4.78 is 54.4. The molecule has 88 valence electrons. The van der Waals surface area contributed by atoms with Crippen molar-refractivity contribution in [2.75, 3.05) is 7.11 Å². The van der Waals surface area contributed by atoms with Crippen molar-refractivity contribution in [2.24, 2.45) is 0 Å². The van der Waals surface area contributed by atoms with Crippen LogP contribution in [0.1, 0.15) is 15.9 Å². The molecule has 2 nitrogen and oxygen atoms in total. The number of ether oxygens (including phenoxy) is 1. The van der Waals surface area contributed by atoms with Crippen LogP contribution < -0.4 is 0 Å². The van der Waals surface area contributed by atoms with Crippen molar-refractivity contribution < 1.29 is 27.1 Å². The second-order valence-corrected chi connectivity index (χ2v) is 3.63. The second-order valence-electron chi connectivity index (χ2n) is 2.77. The maximum atomic E-state index is 13.4. The molecule has 0 N–H and O–H groups in total. The van der Waals surface area contributed by atoms with Crippen molar-refractivity contribution in [3.05, 3.63) is 33.5 Å². The van der Waals surface area contributed by atoms with E-state index < -0.39 is 33.6 Å². The van der Waals surface area contributed by atoms with Crippen LogP contribution in [0.25, 0.3) is 0 Å². The molecule has 0 saturated heterocycles. The molecule has 1 aromatic rings. The summed E-state index contributed by atoms with van der Waals surface area (Å²) in [6, 6.07) is 1.86. The third-order valence-corrected chi connectivity index (χ3v) is 2.44. The van der Waals surface area contributed by atoms with E-state index in [2.05, 4.69) is 20.7 Å². The highest BCUT2D eigenvalue weighted by Crippen LogP contribution is 2.37. The van der Waals surface area contributed by atoms with Gasteiger partial charge in [-0.25, -0.2) is 9.18 Å². The van der Waals surface area contributed by atoms with Gasteiger partial charge in [0.05, 0.1) is 12.7 Å². The number of carbonyl (C=O) groups is 1. The van der Waals surface area contributed by atoms with E-state index in [1.807, 2.05) is 0 Å². The minimum Gasteiger partial charge on any atom is -0.465 e. The van der Waals surface area contributed by atoms with Crippen LogP contribution in [0.5, 0.6) is 0 Å². The molecular weight excluding hydrogens is 296 g/mol. The number of hydrogen-bond acceptors (Lipinski definition) is 2. The SMILES string of the molecule is COC(=O)c1ccc(Br)c(C(F)(F)F)c1F. The highest BCUT2D eigenvalue weighted by Gasteiger charge is 2.38. The summed E-state index contributed by atoms with van der Waals surface area (Å²) in [6.07, 6.45) is -4.88. The Hall–Kier alpha value is -1.11. The molecule has 1 rings (SSSR count). The van der Waals surface area contributed by atoms with Gasteiger partial charge in [-0.3, -0.25) is 0 Å². The minimum absolute atomic E-state index is 0.467. The van der Waals surface area contributed by atoms with Gasteiger partial charge in [-0.2, -0.15) is 13.2 Å². The van der Waals surface area contributed by atoms with Gasteiger partial charge < -0.3 is 4.74 Å². The van der Waals surface area contributed by atoms with E-state index in [1.54, 1.807) is 0 Å². The number of methoxy groups -OCH3 is 1. The molecule has 0 radical (unpaired) electrons. The largest absolute Gasteiger partial charge is 0.465 e. The summed E-state index contributed by atoms with van der Waals surface area (Å²) in [4.78, 5) is 11.0. The fourth-order valence-corrected chi connectivity index (χ4v) is 1.61. The van der Waals surface area contributed by atoms with E-state index in [-0.39, 0.29) is 0 Å². The zero-order valence-electron chi connectivity index (χ0n) is 7.86. The Kier molecular flexibility index (Phi) is 3.57. The van der Waals surface area contributed by atoms with Crippen LogP contribution in [0.15, 0.2) is 16.6 Å². The van der Waals surface area contributed by atoms with E-state index in [0.29, 0.717) is 0 Å². The summed E-state index contributed by atoms with van der Waals surface area (Å²) in [5, 5.41) is 0. The molecule has 0 aliphatic rings. The summed E-state index contributed by atoms with van der Waals surface area (Å²) in [7, 11) is 0.955. The number of carbonyl (C=O) groups excluding carboxylic acids is 1. The highest BCUT2D eigenvalue weighted by molar-refractivity contribution is 9.10. The Labute approximate surface area is 96.3 Å². The minimum atomic E-state index is -4.88. The number of hydrogen-bond donors (Lipinski definition) is 0. The van der Waals surface area contributed by atoms with Crippen molar-refractivity contribution in [3.63, 3.8) is 0 Å². The molecular formula is C9H5BrF4O2. The molecule has 1 aromatic carbocycles. The summed E-state index contributed by atoms with van der Waals surface area (Å²) >= 11 is 2.58. The normalized spacial score (nSPS) is 11.4. The molecule has 0 saturated carbocycles. The van der Waals surface area contributed by atoms with E-state index in [9.17, 15) is 22.4 Å². The van der Waals surface area contributed by atoms with Gasteiger partial charge in [0, 0.05) is 4.47 Å². The second kappa shape index (κ2) is 4.40. The van der Waals surface area contributed by atoms with Crippen LogP contribution in [0.4, 0.5) is 17.6 Å². The maximum absolute atomic E-state index is 13.4. The van der Waals surface area contributed by atoms with Gasteiger partial charge in [-0.1, -0.05) is 15.9 Å². The molecule has 0 aliphatic carbocycles. The molecule has 0 bridgehead atoms. The van der Waals surface area contributed by atoms with Gasteiger partial charge in [0.1, 0.15) is 5.56 Å². The number of esters is 1. The quantitative estimate of drug-likeness (QED) is 0.587. The number of benzene rings is 1. The van der Waals surface area contributed by atoms with E-state index in [0.717, 1.165) is 19.2 Å². The maximum Gasteiger partial charge on any atom is 0.420 e. The third-order valence-electron chi connectivity index (χ3n) is 1.78. The first-order chi connectivity index (χ1) is 7.29. The molecule has 0 aromatic heterocycles. The summed E-state index contributed by atoms with van der Waals surface area (Å²) in [6.45, 7) is 0. The van der Waals surface area contributed by atoms with Gasteiger partial charge in [-0.05, 0) is 12.1 Å². The van der Waals surface area contributed by atoms with Crippen molar-refractivity contribution in [3.8, 4) is 0 Å². The molecule has 0 amide bonds. The first-order valence-corrected chi connectivity index (χ1v) is 4.72. The Bertz CT molecular complexity index is 428. The average Bonchev–Trinajstić information content (AvgIpc) is 2.14. The standard InChI is InChI=1S/C9H5BrF4O2/c1-16-8(15)4-2-3-5(10)6(7(4)11)9(12,13)14/h2-3H,1H3. The lowest BCUT2D eigenvalue weighted by Crippen LogP contribution is -2.14. The zero-order valence-corrected chi connectivity index (χ0v) is 9.45. The Balaban J connectivity index is 3.45. The average molecular weight is 301 g/mol. The monoisotopic (exact) mass is 300 g/mol. The van der Waals surface area contributed by atoms with E-state index in [4.69, 9.17) is 0 Å². The number of alkyl halides is 3. The first kappa shape index (κ1) is 13.0. The Morgan fingerprint density at radius 1 is 1.38 bits per heavy atom. The molecule has 7 heteroatoms. The van der Waals surface area contributed by atoms with Crippen LogP contribution in [0.2, 0.25) is 0 Å². The third kappa shape index (κ3) is 2.34. The van der Waals surface area contributed by atoms with Gasteiger partial charge in [-0.15, -0.1) is 0 Å². The topological polar surface area (TPSA) is 26.3 Å². The van der Waals surface area contributed by atoms with Gasteiger partial charge >= 0.3 is 12.1 Å². The molecule has 0 atom stereocenters. The van der Waals surface area contributed by atoms with E-state index in [1.165, 1.54) is 0 Å². The van der Waals surface area contributed by atoms with E-state index >= 15 is 0 Å². The highest BCUT2D eigenvalue weighted by atomic mass is 79.9. The number of rotatable bonds is 1. The molecule has 0 unspecified atom stereocenters. The lowest BCUT2D eigenvalue weighted by atomic mass is 10.1. The predicted molar refractivity (Wildman–Crippen MR) is 50.4 cm³/mol. The van der Waals surface area contributed by atoms with Crippen molar-refractivity contribution in [1.82, 2.24) is 0 Å². The fraction of sp³-hybridized carbons (Fsp3) is 0.222. The molecule has 0 heterocycles. The van der Waals surface area contributed by atoms with Gasteiger partial charge in [0.15, 0.2) is 5.82 Å². The number of halogens is 5. The van der Waals surface area contributed by atoms with Gasteiger partial charge in [0.25, 0.3) is 0 Å². The first-order valence-electron chi connectivity index (χ1n) is 3.92. The van der Waals surface area contributed by atoms with Crippen LogP contribution in [0.3, 0.4) is 0 Å². The lowest BCUT2D eigenvalue weighted by Gasteiger charge is -2.12. The Morgan fingerprint density at radius 2 is 1.94 bits per heavy atom. The van der Waals surface area contributed by atoms with Crippen molar-refractivity contribution in [1.29, 1.82) is 0 Å². The lowest BCUT2D eigenvalue weighted by molar-refractivity contribution is -0.140. The summed E-state index contributed by atoms with van der Waals surface area (Å²) in [5.74, 6) is -2.80. The van der Waals surface area contributed by atoms with Crippen LogP contribution >= 0.6 is 15.9 Å². The van der Waals surface area contributed by atoms with Crippen molar-refractivity contribution >= 4 is 21.9 Å².